The molecule has 6 heteroatoms. The van der Waals surface area contributed by atoms with Crippen molar-refractivity contribution in [3.05, 3.63) is 35.7 Å². The van der Waals surface area contributed by atoms with Gasteiger partial charge < -0.3 is 5.11 Å². The number of rotatable bonds is 2. The molecule has 0 spiro atoms. The van der Waals surface area contributed by atoms with E-state index < -0.39 is 0 Å². The van der Waals surface area contributed by atoms with Gasteiger partial charge in [-0.2, -0.15) is 10.5 Å². The normalized spacial score (nSPS) is 11.1. The molecule has 6 nitrogen and oxygen atoms in total. The van der Waals surface area contributed by atoms with Gasteiger partial charge in [-0.1, -0.05) is 12.1 Å². The van der Waals surface area contributed by atoms with Crippen LogP contribution in [0.2, 0.25) is 0 Å². The molecule has 0 aliphatic carbocycles. The SMILES string of the molecule is N#C/C(=C/c1ccc(O)cc1)c1nn[nH]n1. The zero-order chi connectivity index (χ0) is 11.4. The highest BCUT2D eigenvalue weighted by Crippen LogP contribution is 2.15. The molecule has 2 aromatic rings. The first kappa shape index (κ1) is 9.86. The van der Waals surface area contributed by atoms with Crippen LogP contribution in [0.25, 0.3) is 11.6 Å². The summed E-state index contributed by atoms with van der Waals surface area (Å²) >= 11 is 0. The Morgan fingerprint density at radius 3 is 2.69 bits per heavy atom. The summed E-state index contributed by atoms with van der Waals surface area (Å²) in [5.74, 6) is 0.422. The molecular weight excluding hydrogens is 206 g/mol. The second kappa shape index (κ2) is 4.23. The van der Waals surface area contributed by atoms with Crippen LogP contribution in [-0.4, -0.2) is 25.7 Å². The number of nitrogens with one attached hydrogen (secondary N) is 1. The highest BCUT2D eigenvalue weighted by molar-refractivity contribution is 5.86. The van der Waals surface area contributed by atoms with E-state index in [9.17, 15) is 0 Å². The van der Waals surface area contributed by atoms with Crippen molar-refractivity contribution in [2.24, 2.45) is 0 Å². The first-order chi connectivity index (χ1) is 7.79. The summed E-state index contributed by atoms with van der Waals surface area (Å²) < 4.78 is 0. The van der Waals surface area contributed by atoms with Gasteiger partial charge in [0.1, 0.15) is 17.4 Å². The molecule has 0 unspecified atom stereocenters. The highest BCUT2D eigenvalue weighted by Gasteiger charge is 2.05. The van der Waals surface area contributed by atoms with Crippen molar-refractivity contribution in [3.63, 3.8) is 0 Å². The standard InChI is InChI=1S/C10H7N5O/c11-6-8(10-12-14-15-13-10)5-7-1-3-9(16)4-2-7/h1-5,16H,(H,12,13,14,15)/b8-5-. The molecule has 0 atom stereocenters. The third kappa shape index (κ3) is 2.04. The van der Waals surface area contributed by atoms with Crippen molar-refractivity contribution >= 4 is 11.6 Å². The number of tetrazole rings is 1. The van der Waals surface area contributed by atoms with Crippen molar-refractivity contribution in [3.8, 4) is 11.8 Å². The molecule has 0 bridgehead atoms. The van der Waals surface area contributed by atoms with Gasteiger partial charge >= 0.3 is 0 Å². The molecule has 78 valence electrons. The lowest BCUT2D eigenvalue weighted by atomic mass is 10.1. The fraction of sp³-hybridized carbons (Fsp3) is 0. The third-order valence-corrected chi connectivity index (χ3v) is 1.91. The fourth-order valence-electron chi connectivity index (χ4n) is 1.16. The molecule has 0 amide bonds. The molecule has 1 aromatic carbocycles. The molecular formula is C10H7N5O. The number of phenols is 1. The summed E-state index contributed by atoms with van der Waals surface area (Å²) in [6, 6.07) is 8.43. The van der Waals surface area contributed by atoms with E-state index in [1.807, 2.05) is 6.07 Å². The van der Waals surface area contributed by atoms with Crippen molar-refractivity contribution in [1.29, 1.82) is 5.26 Å². The molecule has 0 radical (unpaired) electrons. The summed E-state index contributed by atoms with van der Waals surface area (Å²) in [4.78, 5) is 0. The number of aromatic amines is 1. The van der Waals surface area contributed by atoms with Gasteiger partial charge in [-0.15, -0.1) is 10.2 Å². The van der Waals surface area contributed by atoms with Crippen LogP contribution in [0, 0.1) is 11.3 Å². The minimum atomic E-state index is 0.176. The Morgan fingerprint density at radius 2 is 2.12 bits per heavy atom. The van der Waals surface area contributed by atoms with E-state index in [0.717, 1.165) is 5.56 Å². The molecule has 0 saturated carbocycles. The molecule has 0 saturated heterocycles. The molecule has 2 N–H and O–H groups in total. The summed E-state index contributed by atoms with van der Waals surface area (Å²) in [5, 5.41) is 31.1. The van der Waals surface area contributed by atoms with E-state index in [-0.39, 0.29) is 11.6 Å². The second-order valence-electron chi connectivity index (χ2n) is 3.00. The Bertz CT molecular complexity index is 536. The molecule has 16 heavy (non-hydrogen) atoms. The average Bonchev–Trinajstić information content (AvgIpc) is 2.82. The van der Waals surface area contributed by atoms with Gasteiger partial charge in [0.2, 0.25) is 5.82 Å². The van der Waals surface area contributed by atoms with Crippen LogP contribution in [0.1, 0.15) is 11.4 Å². The smallest absolute Gasteiger partial charge is 0.215 e. The van der Waals surface area contributed by atoms with Gasteiger partial charge in [0.15, 0.2) is 0 Å². The maximum atomic E-state index is 9.11. The first-order valence-corrected chi connectivity index (χ1v) is 4.44. The van der Waals surface area contributed by atoms with Crippen molar-refractivity contribution in [2.75, 3.05) is 0 Å². The Morgan fingerprint density at radius 1 is 1.38 bits per heavy atom. The van der Waals surface area contributed by atoms with Gasteiger partial charge in [-0.05, 0) is 29.0 Å². The van der Waals surface area contributed by atoms with Crippen LogP contribution in [0.15, 0.2) is 24.3 Å². The number of H-pyrrole nitrogens is 1. The lowest BCUT2D eigenvalue weighted by Gasteiger charge is -1.94. The maximum absolute atomic E-state index is 9.11. The topological polar surface area (TPSA) is 98.5 Å². The number of phenolic OH excluding ortho intramolecular Hbond substituents is 1. The Hall–Kier alpha value is -2.68. The van der Waals surface area contributed by atoms with E-state index in [1.54, 1.807) is 18.2 Å². The van der Waals surface area contributed by atoms with Crippen molar-refractivity contribution in [1.82, 2.24) is 20.6 Å². The number of hydrogen-bond donors (Lipinski definition) is 2. The van der Waals surface area contributed by atoms with Gasteiger partial charge in [0.25, 0.3) is 0 Å². The van der Waals surface area contributed by atoms with Gasteiger partial charge in [-0.25, -0.2) is 0 Å². The summed E-state index contributed by atoms with van der Waals surface area (Å²) in [6.45, 7) is 0. The summed E-state index contributed by atoms with van der Waals surface area (Å²) in [5.41, 5.74) is 1.08. The summed E-state index contributed by atoms with van der Waals surface area (Å²) in [6.07, 6.45) is 1.62. The maximum Gasteiger partial charge on any atom is 0.215 e. The van der Waals surface area contributed by atoms with Crippen LogP contribution in [0.5, 0.6) is 5.75 Å². The first-order valence-electron chi connectivity index (χ1n) is 4.44. The van der Waals surface area contributed by atoms with Gasteiger partial charge in [0.05, 0.1) is 0 Å². The third-order valence-electron chi connectivity index (χ3n) is 1.91. The van der Waals surface area contributed by atoms with E-state index in [1.165, 1.54) is 12.1 Å². The number of hydrogen-bond acceptors (Lipinski definition) is 5. The number of aromatic hydroxyl groups is 1. The van der Waals surface area contributed by atoms with E-state index >= 15 is 0 Å². The monoisotopic (exact) mass is 213 g/mol. The van der Waals surface area contributed by atoms with Crippen molar-refractivity contribution in [2.45, 2.75) is 0 Å². The van der Waals surface area contributed by atoms with Crippen LogP contribution < -0.4 is 0 Å². The van der Waals surface area contributed by atoms with Crippen LogP contribution >= 0.6 is 0 Å². The second-order valence-corrected chi connectivity index (χ2v) is 3.00. The zero-order valence-corrected chi connectivity index (χ0v) is 8.12. The van der Waals surface area contributed by atoms with E-state index in [4.69, 9.17) is 10.4 Å². The lowest BCUT2D eigenvalue weighted by Crippen LogP contribution is -1.85. The molecule has 1 aromatic heterocycles. The van der Waals surface area contributed by atoms with Crippen LogP contribution in [0.4, 0.5) is 0 Å². The number of nitriles is 1. The molecule has 0 aliphatic rings. The predicted octanol–water partition coefficient (Wildman–Crippen LogP) is 0.969. The quantitative estimate of drug-likeness (QED) is 0.724. The number of allylic oxidation sites excluding steroid dienone is 1. The number of aromatic nitrogens is 4. The van der Waals surface area contributed by atoms with Crippen molar-refractivity contribution < 1.29 is 5.11 Å². The minimum absolute atomic E-state index is 0.176. The van der Waals surface area contributed by atoms with E-state index in [2.05, 4.69) is 20.6 Å². The Balaban J connectivity index is 2.36. The molecule has 1 heterocycles. The molecule has 2 rings (SSSR count). The van der Waals surface area contributed by atoms with E-state index in [0.29, 0.717) is 5.57 Å². The fourth-order valence-corrected chi connectivity index (χ4v) is 1.16. The Kier molecular flexibility index (Phi) is 2.61. The number of benzene rings is 1. The van der Waals surface area contributed by atoms with Crippen LogP contribution in [0.3, 0.4) is 0 Å². The highest BCUT2D eigenvalue weighted by atomic mass is 16.3. The van der Waals surface area contributed by atoms with Gasteiger partial charge in [-0.3, -0.25) is 0 Å². The average molecular weight is 213 g/mol. The lowest BCUT2D eigenvalue weighted by molar-refractivity contribution is 0.475. The zero-order valence-electron chi connectivity index (χ0n) is 8.12. The van der Waals surface area contributed by atoms with Gasteiger partial charge in [0, 0.05) is 0 Å². The largest absolute Gasteiger partial charge is 0.508 e. The number of nitrogens with zero attached hydrogens (tertiary/aromatic N) is 4. The predicted molar refractivity (Wildman–Crippen MR) is 55.8 cm³/mol. The summed E-state index contributed by atoms with van der Waals surface area (Å²) in [7, 11) is 0. The van der Waals surface area contributed by atoms with Crippen LogP contribution in [-0.2, 0) is 0 Å². The minimum Gasteiger partial charge on any atom is -0.508 e. The molecule has 0 fully saturated rings. The Labute approximate surface area is 90.9 Å². The molecule has 0 aliphatic heterocycles.